The molecule has 0 bridgehead atoms. The maximum Gasteiger partial charge on any atom is 0.416 e. The van der Waals surface area contributed by atoms with Crippen molar-refractivity contribution in [2.75, 3.05) is 7.05 Å². The highest BCUT2D eigenvalue weighted by Gasteiger charge is 2.35. The van der Waals surface area contributed by atoms with E-state index < -0.39 is 22.4 Å². The highest BCUT2D eigenvalue weighted by Crippen LogP contribution is 2.35. The molecule has 1 unspecified atom stereocenters. The molecule has 0 fully saturated rings. The van der Waals surface area contributed by atoms with Crippen LogP contribution in [-0.4, -0.2) is 18.0 Å². The van der Waals surface area contributed by atoms with Crippen LogP contribution in [0.15, 0.2) is 18.2 Å². The number of nitrogens with zero attached hydrogens (tertiary/aromatic N) is 1. The molecule has 0 aliphatic heterocycles. The first-order valence-electron chi connectivity index (χ1n) is 6.18. The number of hydrogen-bond donors (Lipinski definition) is 1. The Morgan fingerprint density at radius 2 is 1.95 bits per heavy atom. The number of nitrogens with one attached hydrogen (secondary N) is 1. The van der Waals surface area contributed by atoms with E-state index in [4.69, 9.17) is 0 Å². The topological polar surface area (TPSA) is 55.2 Å². The van der Waals surface area contributed by atoms with Gasteiger partial charge in [0, 0.05) is 18.2 Å². The van der Waals surface area contributed by atoms with Crippen molar-refractivity contribution < 1.29 is 18.1 Å². The number of non-ortho nitro benzene ring substituents is 1. The zero-order valence-corrected chi connectivity index (χ0v) is 11.5. The van der Waals surface area contributed by atoms with E-state index in [0.29, 0.717) is 6.07 Å². The molecule has 0 saturated heterocycles. The van der Waals surface area contributed by atoms with Crippen LogP contribution in [0.2, 0.25) is 0 Å². The van der Waals surface area contributed by atoms with Gasteiger partial charge in [-0.1, -0.05) is 19.9 Å². The Hall–Kier alpha value is -1.63. The molecule has 1 N–H and O–H groups in total. The van der Waals surface area contributed by atoms with Gasteiger partial charge < -0.3 is 5.32 Å². The summed E-state index contributed by atoms with van der Waals surface area (Å²) in [6.45, 7) is 3.81. The molecule has 0 aliphatic rings. The van der Waals surface area contributed by atoms with Crippen LogP contribution in [0.4, 0.5) is 18.9 Å². The Labute approximate surface area is 115 Å². The van der Waals surface area contributed by atoms with Crippen LogP contribution in [0.3, 0.4) is 0 Å². The Morgan fingerprint density at radius 3 is 2.35 bits per heavy atom. The van der Waals surface area contributed by atoms with Gasteiger partial charge in [0.2, 0.25) is 0 Å². The molecule has 0 amide bonds. The molecular formula is C13H17F3N2O2. The molecule has 1 aromatic rings. The van der Waals surface area contributed by atoms with Gasteiger partial charge in [-0.25, -0.2) is 0 Å². The van der Waals surface area contributed by atoms with Gasteiger partial charge >= 0.3 is 6.18 Å². The number of halogens is 3. The number of likely N-dealkylation sites (N-methyl/N-ethyl adjacent to an activating group) is 1. The molecule has 0 saturated carbocycles. The molecule has 0 aromatic heterocycles. The molecular weight excluding hydrogens is 273 g/mol. The van der Waals surface area contributed by atoms with Crippen LogP contribution < -0.4 is 5.32 Å². The van der Waals surface area contributed by atoms with Gasteiger partial charge in [0.1, 0.15) is 0 Å². The highest BCUT2D eigenvalue weighted by molar-refractivity contribution is 5.41. The molecule has 1 rings (SSSR count). The van der Waals surface area contributed by atoms with Crippen LogP contribution in [0, 0.1) is 16.0 Å². The SMILES string of the molecule is CNC(Cc1ccc([N+](=O)[O-])cc1C(F)(F)F)C(C)C. The van der Waals surface area contributed by atoms with Gasteiger partial charge in [0.25, 0.3) is 5.69 Å². The van der Waals surface area contributed by atoms with Crippen LogP contribution in [0.5, 0.6) is 0 Å². The van der Waals surface area contributed by atoms with Crippen molar-refractivity contribution in [1.82, 2.24) is 5.32 Å². The second-order valence-corrected chi connectivity index (χ2v) is 4.94. The van der Waals surface area contributed by atoms with E-state index in [-0.39, 0.29) is 23.9 Å². The number of nitro groups is 1. The van der Waals surface area contributed by atoms with Crippen molar-refractivity contribution in [3.63, 3.8) is 0 Å². The molecule has 7 heteroatoms. The second-order valence-electron chi connectivity index (χ2n) is 4.94. The van der Waals surface area contributed by atoms with Crippen LogP contribution in [0.25, 0.3) is 0 Å². The first-order valence-corrected chi connectivity index (χ1v) is 6.18. The van der Waals surface area contributed by atoms with Crippen LogP contribution in [0.1, 0.15) is 25.0 Å². The fourth-order valence-electron chi connectivity index (χ4n) is 2.03. The van der Waals surface area contributed by atoms with E-state index in [1.165, 1.54) is 6.07 Å². The summed E-state index contributed by atoms with van der Waals surface area (Å²) in [6.07, 6.45) is -4.43. The summed E-state index contributed by atoms with van der Waals surface area (Å²) in [5.41, 5.74) is -1.42. The lowest BCUT2D eigenvalue weighted by Gasteiger charge is -2.22. The summed E-state index contributed by atoms with van der Waals surface area (Å²) in [7, 11) is 1.68. The minimum absolute atomic E-state index is 0.0659. The third-order valence-electron chi connectivity index (χ3n) is 3.23. The Bertz CT molecular complexity index is 487. The van der Waals surface area contributed by atoms with Crippen molar-refractivity contribution in [3.8, 4) is 0 Å². The predicted octanol–water partition coefficient (Wildman–Crippen LogP) is 3.40. The second kappa shape index (κ2) is 6.21. The Balaban J connectivity index is 3.22. The molecule has 0 heterocycles. The van der Waals surface area contributed by atoms with Crippen molar-refractivity contribution in [1.29, 1.82) is 0 Å². The smallest absolute Gasteiger partial charge is 0.316 e. The lowest BCUT2D eigenvalue weighted by atomic mass is 9.93. The maximum absolute atomic E-state index is 13.0. The van der Waals surface area contributed by atoms with E-state index in [1.54, 1.807) is 7.05 Å². The maximum atomic E-state index is 13.0. The summed E-state index contributed by atoms with van der Waals surface area (Å²) in [6, 6.07) is 2.77. The van der Waals surface area contributed by atoms with Gasteiger partial charge in [0.15, 0.2) is 0 Å². The highest BCUT2D eigenvalue weighted by atomic mass is 19.4. The van der Waals surface area contributed by atoms with E-state index in [0.717, 1.165) is 6.07 Å². The molecule has 1 atom stereocenters. The fourth-order valence-corrected chi connectivity index (χ4v) is 2.03. The van der Waals surface area contributed by atoms with E-state index in [9.17, 15) is 23.3 Å². The normalized spacial score (nSPS) is 13.6. The zero-order chi connectivity index (χ0) is 15.5. The fraction of sp³-hybridized carbons (Fsp3) is 0.538. The average Bonchev–Trinajstić information content (AvgIpc) is 2.34. The van der Waals surface area contributed by atoms with E-state index >= 15 is 0 Å². The average molecular weight is 290 g/mol. The first kappa shape index (κ1) is 16.4. The predicted molar refractivity (Wildman–Crippen MR) is 69.5 cm³/mol. The van der Waals surface area contributed by atoms with Gasteiger partial charge in [-0.2, -0.15) is 13.2 Å². The zero-order valence-electron chi connectivity index (χ0n) is 11.5. The van der Waals surface area contributed by atoms with Crippen molar-refractivity contribution >= 4 is 5.69 Å². The number of hydrogen-bond acceptors (Lipinski definition) is 3. The lowest BCUT2D eigenvalue weighted by molar-refractivity contribution is -0.385. The first-order chi connectivity index (χ1) is 9.16. The van der Waals surface area contributed by atoms with E-state index in [2.05, 4.69) is 5.32 Å². The van der Waals surface area contributed by atoms with E-state index in [1.807, 2.05) is 13.8 Å². The molecule has 0 spiro atoms. The van der Waals surface area contributed by atoms with Gasteiger partial charge in [0.05, 0.1) is 10.5 Å². The molecule has 0 aliphatic carbocycles. The van der Waals surface area contributed by atoms with Gasteiger partial charge in [-0.15, -0.1) is 0 Å². The number of nitro benzene ring substituents is 1. The number of alkyl halides is 3. The summed E-state index contributed by atoms with van der Waals surface area (Å²) in [5.74, 6) is 0.149. The van der Waals surface area contributed by atoms with Crippen molar-refractivity contribution in [2.24, 2.45) is 5.92 Å². The largest absolute Gasteiger partial charge is 0.416 e. The molecule has 20 heavy (non-hydrogen) atoms. The third-order valence-corrected chi connectivity index (χ3v) is 3.23. The summed E-state index contributed by atoms with van der Waals surface area (Å²) >= 11 is 0. The molecule has 112 valence electrons. The van der Waals surface area contributed by atoms with Crippen molar-refractivity contribution in [2.45, 2.75) is 32.5 Å². The van der Waals surface area contributed by atoms with Crippen molar-refractivity contribution in [3.05, 3.63) is 39.4 Å². The standard InChI is InChI=1S/C13H17F3N2O2/c1-8(2)12(17-3)6-9-4-5-10(18(19)20)7-11(9)13(14,15)16/h4-5,7-8,12,17H,6H2,1-3H3. The quantitative estimate of drug-likeness (QED) is 0.668. The summed E-state index contributed by atoms with van der Waals surface area (Å²) in [4.78, 5) is 9.78. The number of benzene rings is 1. The monoisotopic (exact) mass is 290 g/mol. The molecule has 1 aromatic carbocycles. The van der Waals surface area contributed by atoms with Gasteiger partial charge in [-0.05, 0) is 24.9 Å². The van der Waals surface area contributed by atoms with Crippen LogP contribution in [-0.2, 0) is 12.6 Å². The summed E-state index contributed by atoms with van der Waals surface area (Å²) in [5, 5.41) is 13.6. The van der Waals surface area contributed by atoms with Crippen LogP contribution >= 0.6 is 0 Å². The molecule has 4 nitrogen and oxygen atoms in total. The molecule has 0 radical (unpaired) electrons. The minimum atomic E-state index is -4.60. The van der Waals surface area contributed by atoms with Gasteiger partial charge in [-0.3, -0.25) is 10.1 Å². The minimum Gasteiger partial charge on any atom is -0.316 e. The number of rotatable bonds is 5. The third kappa shape index (κ3) is 3.93. The lowest BCUT2D eigenvalue weighted by Crippen LogP contribution is -2.33. The summed E-state index contributed by atoms with van der Waals surface area (Å²) < 4.78 is 39.0. The Morgan fingerprint density at radius 1 is 1.35 bits per heavy atom. The Kier molecular flexibility index (Phi) is 5.10.